The first-order chi connectivity index (χ1) is 14.7. The second kappa shape index (κ2) is 9.78. The van der Waals surface area contributed by atoms with Gasteiger partial charge in [0.25, 0.3) is 5.56 Å². The topological polar surface area (TPSA) is 97.0 Å². The second-order valence-electron chi connectivity index (χ2n) is 6.81. The van der Waals surface area contributed by atoms with Gasteiger partial charge in [-0.1, -0.05) is 0 Å². The summed E-state index contributed by atoms with van der Waals surface area (Å²) in [6, 6.07) is 3.20. The number of hydrogen-bond acceptors (Lipinski definition) is 5. The Hall–Kier alpha value is -3.14. The minimum absolute atomic E-state index is 0.152. The smallest absolute Gasteiger partial charge is 0.266 e. The number of H-pyrrole nitrogens is 1. The molecule has 0 saturated carbocycles. The van der Waals surface area contributed by atoms with Gasteiger partial charge in [0, 0.05) is 42.4 Å². The molecule has 0 atom stereocenters. The molecule has 7 nitrogen and oxygen atoms in total. The average molecular weight is 493 g/mol. The SMILES string of the molecule is CC(=O)NCc1cnc(Cc2c(C)[nH]c(=O)c(Br)c2OCc2ccc(F)cc2F)cn1. The molecule has 31 heavy (non-hydrogen) atoms. The van der Waals surface area contributed by atoms with Crippen LogP contribution in [0.1, 0.15) is 35.1 Å². The lowest BCUT2D eigenvalue weighted by Gasteiger charge is -2.15. The number of nitrogens with zero attached hydrogens (tertiary/aromatic N) is 2. The van der Waals surface area contributed by atoms with E-state index >= 15 is 0 Å². The standard InChI is InChI=1S/C21H19BrF2N4O3/c1-11-17(6-15-7-27-16(9-26-15)8-25-12(2)29)20(19(22)21(30)28-11)31-10-13-3-4-14(23)5-18(13)24/h3-5,7,9H,6,8,10H2,1-2H3,(H,25,29)(H,28,30). The summed E-state index contributed by atoms with van der Waals surface area (Å²) >= 11 is 3.23. The molecule has 0 saturated heterocycles. The Morgan fingerprint density at radius 3 is 2.58 bits per heavy atom. The molecule has 0 radical (unpaired) electrons. The Bertz CT molecular complexity index is 1170. The van der Waals surface area contributed by atoms with Crippen molar-refractivity contribution in [2.45, 2.75) is 33.4 Å². The van der Waals surface area contributed by atoms with E-state index in [9.17, 15) is 18.4 Å². The number of rotatable bonds is 7. The maximum atomic E-state index is 14.0. The molecule has 10 heteroatoms. The monoisotopic (exact) mass is 492 g/mol. The Balaban J connectivity index is 1.85. The third-order valence-electron chi connectivity index (χ3n) is 4.45. The van der Waals surface area contributed by atoms with Gasteiger partial charge in [0.1, 0.15) is 28.5 Å². The maximum Gasteiger partial charge on any atom is 0.266 e. The van der Waals surface area contributed by atoms with Gasteiger partial charge in [0.15, 0.2) is 0 Å². The van der Waals surface area contributed by atoms with Crippen LogP contribution in [0.15, 0.2) is 39.9 Å². The molecule has 0 bridgehead atoms. The molecular weight excluding hydrogens is 474 g/mol. The van der Waals surface area contributed by atoms with Crippen LogP contribution in [0, 0.1) is 18.6 Å². The fourth-order valence-electron chi connectivity index (χ4n) is 2.82. The highest BCUT2D eigenvalue weighted by Gasteiger charge is 2.18. The number of aromatic amines is 1. The molecule has 2 N–H and O–H groups in total. The Kier molecular flexibility index (Phi) is 7.11. The predicted octanol–water partition coefficient (Wildman–Crippen LogP) is 3.32. The first-order valence-corrected chi connectivity index (χ1v) is 10.1. The van der Waals surface area contributed by atoms with Crippen molar-refractivity contribution in [3.63, 3.8) is 0 Å². The minimum atomic E-state index is -0.736. The number of nitrogens with one attached hydrogen (secondary N) is 2. The van der Waals surface area contributed by atoms with Gasteiger partial charge in [-0.15, -0.1) is 0 Å². The largest absolute Gasteiger partial charge is 0.487 e. The highest BCUT2D eigenvalue weighted by molar-refractivity contribution is 9.10. The Labute approximate surface area is 185 Å². The molecule has 1 aromatic carbocycles. The number of benzene rings is 1. The summed E-state index contributed by atoms with van der Waals surface area (Å²) in [5.41, 5.74) is 2.16. The quantitative estimate of drug-likeness (QED) is 0.527. The van der Waals surface area contributed by atoms with E-state index in [0.717, 1.165) is 12.1 Å². The van der Waals surface area contributed by atoms with Gasteiger partial charge in [-0.3, -0.25) is 19.6 Å². The van der Waals surface area contributed by atoms with E-state index in [-0.39, 0.29) is 41.3 Å². The van der Waals surface area contributed by atoms with Crippen LogP contribution in [0.5, 0.6) is 5.75 Å². The van der Waals surface area contributed by atoms with Crippen molar-refractivity contribution >= 4 is 21.8 Å². The third kappa shape index (κ3) is 5.72. The van der Waals surface area contributed by atoms with Crippen LogP contribution >= 0.6 is 15.9 Å². The molecule has 2 aromatic heterocycles. The predicted molar refractivity (Wildman–Crippen MR) is 113 cm³/mol. The molecule has 0 aliphatic heterocycles. The molecule has 1 amide bonds. The van der Waals surface area contributed by atoms with Gasteiger partial charge >= 0.3 is 0 Å². The van der Waals surface area contributed by atoms with Crippen molar-refractivity contribution in [3.05, 3.63) is 85.3 Å². The van der Waals surface area contributed by atoms with Crippen LogP contribution in [0.3, 0.4) is 0 Å². The normalized spacial score (nSPS) is 10.7. The fraction of sp³-hybridized carbons (Fsp3) is 0.238. The summed E-state index contributed by atoms with van der Waals surface area (Å²) in [6.45, 7) is 3.20. The van der Waals surface area contributed by atoms with E-state index in [4.69, 9.17) is 4.74 Å². The number of carbonyl (C=O) groups excluding carboxylic acids is 1. The van der Waals surface area contributed by atoms with E-state index < -0.39 is 17.2 Å². The number of amides is 1. The van der Waals surface area contributed by atoms with Crippen LogP contribution in [-0.2, 0) is 24.4 Å². The van der Waals surface area contributed by atoms with Crippen LogP contribution < -0.4 is 15.6 Å². The van der Waals surface area contributed by atoms with E-state index in [0.29, 0.717) is 22.6 Å². The maximum absolute atomic E-state index is 14.0. The van der Waals surface area contributed by atoms with Crippen molar-refractivity contribution < 1.29 is 18.3 Å². The number of aryl methyl sites for hydroxylation is 1. The molecule has 0 aliphatic rings. The van der Waals surface area contributed by atoms with Crippen LogP contribution in [-0.4, -0.2) is 20.9 Å². The third-order valence-corrected chi connectivity index (χ3v) is 5.17. The van der Waals surface area contributed by atoms with Gasteiger partial charge in [-0.25, -0.2) is 8.78 Å². The van der Waals surface area contributed by atoms with E-state index in [1.807, 2.05) is 0 Å². The van der Waals surface area contributed by atoms with Crippen LogP contribution in [0.25, 0.3) is 0 Å². The van der Waals surface area contributed by atoms with Crippen molar-refractivity contribution in [2.24, 2.45) is 0 Å². The first kappa shape index (κ1) is 22.5. The van der Waals surface area contributed by atoms with Crippen molar-refractivity contribution in [1.29, 1.82) is 0 Å². The van der Waals surface area contributed by atoms with Gasteiger partial charge < -0.3 is 15.0 Å². The second-order valence-corrected chi connectivity index (χ2v) is 7.60. The number of carbonyl (C=O) groups is 1. The molecule has 162 valence electrons. The number of aromatic nitrogens is 3. The zero-order valence-electron chi connectivity index (χ0n) is 16.8. The molecule has 3 aromatic rings. The van der Waals surface area contributed by atoms with Gasteiger partial charge in [0.05, 0.1) is 24.1 Å². The Morgan fingerprint density at radius 2 is 1.94 bits per heavy atom. The first-order valence-electron chi connectivity index (χ1n) is 9.26. The molecule has 2 heterocycles. The molecule has 0 spiro atoms. The lowest BCUT2D eigenvalue weighted by molar-refractivity contribution is -0.119. The lowest BCUT2D eigenvalue weighted by atomic mass is 10.1. The number of ether oxygens (including phenoxy) is 1. The summed E-state index contributed by atoms with van der Waals surface area (Å²) < 4.78 is 33.0. The summed E-state index contributed by atoms with van der Waals surface area (Å²) in [5, 5.41) is 2.64. The zero-order chi connectivity index (χ0) is 22.5. The van der Waals surface area contributed by atoms with Gasteiger partial charge in [0.2, 0.25) is 5.91 Å². The van der Waals surface area contributed by atoms with Gasteiger partial charge in [-0.05, 0) is 35.0 Å². The van der Waals surface area contributed by atoms with Crippen molar-refractivity contribution in [3.8, 4) is 5.75 Å². The average Bonchev–Trinajstić information content (AvgIpc) is 2.72. The lowest BCUT2D eigenvalue weighted by Crippen LogP contribution is -2.20. The summed E-state index contributed by atoms with van der Waals surface area (Å²) in [4.78, 5) is 34.6. The zero-order valence-corrected chi connectivity index (χ0v) is 18.3. The molecule has 0 fully saturated rings. The van der Waals surface area contributed by atoms with E-state index in [1.165, 1.54) is 13.0 Å². The highest BCUT2D eigenvalue weighted by atomic mass is 79.9. The van der Waals surface area contributed by atoms with Crippen molar-refractivity contribution in [1.82, 2.24) is 20.3 Å². The minimum Gasteiger partial charge on any atom is -0.487 e. The van der Waals surface area contributed by atoms with E-state index in [1.54, 1.807) is 19.3 Å². The molecule has 0 unspecified atom stereocenters. The summed E-state index contributed by atoms with van der Waals surface area (Å²) in [6.07, 6.45) is 3.41. The van der Waals surface area contributed by atoms with Gasteiger partial charge in [-0.2, -0.15) is 0 Å². The molecule has 0 aliphatic carbocycles. The highest BCUT2D eigenvalue weighted by Crippen LogP contribution is 2.30. The number of hydrogen-bond donors (Lipinski definition) is 2. The van der Waals surface area contributed by atoms with E-state index in [2.05, 4.69) is 36.2 Å². The number of halogens is 3. The fourth-order valence-corrected chi connectivity index (χ4v) is 3.27. The van der Waals surface area contributed by atoms with Crippen molar-refractivity contribution in [2.75, 3.05) is 0 Å². The Morgan fingerprint density at radius 1 is 1.23 bits per heavy atom. The summed E-state index contributed by atoms with van der Waals surface area (Å²) in [5.74, 6) is -1.34. The molecular formula is C21H19BrF2N4O3. The van der Waals surface area contributed by atoms with Crippen LogP contribution in [0.2, 0.25) is 0 Å². The van der Waals surface area contributed by atoms with Crippen LogP contribution in [0.4, 0.5) is 8.78 Å². The summed E-state index contributed by atoms with van der Waals surface area (Å²) in [7, 11) is 0. The number of pyridine rings is 1. The molecule has 3 rings (SSSR count).